The quantitative estimate of drug-likeness (QED) is 0.529. The van der Waals surface area contributed by atoms with E-state index < -0.39 is 0 Å². The van der Waals surface area contributed by atoms with Gasteiger partial charge in [0, 0.05) is 19.7 Å². The van der Waals surface area contributed by atoms with Crippen molar-refractivity contribution in [2.45, 2.75) is 58.8 Å². The Morgan fingerprint density at radius 2 is 1.50 bits per heavy atom. The predicted molar refractivity (Wildman–Crippen MR) is 84.8 cm³/mol. The van der Waals surface area contributed by atoms with Crippen LogP contribution in [0.1, 0.15) is 58.8 Å². The molecule has 0 saturated heterocycles. The first-order valence-electron chi connectivity index (χ1n) is 8.22. The van der Waals surface area contributed by atoms with E-state index in [1.165, 1.54) is 0 Å². The molecule has 0 unspecified atom stereocenters. The van der Waals surface area contributed by atoms with Gasteiger partial charge in [0.15, 0.2) is 0 Å². The van der Waals surface area contributed by atoms with Gasteiger partial charge in [-0.15, -0.1) is 0 Å². The molecular formula is C16H34N2O2. The van der Waals surface area contributed by atoms with Gasteiger partial charge in [-0.25, -0.2) is 0 Å². The van der Waals surface area contributed by atoms with E-state index in [1.807, 2.05) is 11.9 Å². The van der Waals surface area contributed by atoms with Crippen molar-refractivity contribution in [3.63, 3.8) is 0 Å². The second kappa shape index (κ2) is 13.4. The van der Waals surface area contributed by atoms with Crippen LogP contribution < -0.4 is 0 Å². The maximum atomic E-state index is 12.3. The van der Waals surface area contributed by atoms with Gasteiger partial charge < -0.3 is 10.0 Å². The number of likely N-dealkylation sites (N-methyl/N-ethyl adjacent to an activating group) is 1. The van der Waals surface area contributed by atoms with Crippen LogP contribution in [-0.2, 0) is 4.79 Å². The third-order valence-corrected chi connectivity index (χ3v) is 3.52. The highest BCUT2D eigenvalue weighted by Crippen LogP contribution is 2.02. The second-order valence-corrected chi connectivity index (χ2v) is 5.61. The second-order valence-electron chi connectivity index (χ2n) is 5.61. The molecule has 0 radical (unpaired) electrons. The SMILES string of the molecule is CCCCN(CCCC)C(=O)CN(C)CCCCCO. The lowest BCUT2D eigenvalue weighted by atomic mass is 10.2. The van der Waals surface area contributed by atoms with Crippen molar-refractivity contribution in [2.75, 3.05) is 39.8 Å². The molecule has 0 aliphatic rings. The average Bonchev–Trinajstić information content (AvgIpc) is 2.43. The molecule has 0 saturated carbocycles. The molecule has 0 heterocycles. The Kier molecular flexibility index (Phi) is 13.0. The van der Waals surface area contributed by atoms with Crippen molar-refractivity contribution < 1.29 is 9.90 Å². The first-order chi connectivity index (χ1) is 9.65. The van der Waals surface area contributed by atoms with Crippen LogP contribution in [0.4, 0.5) is 0 Å². The van der Waals surface area contributed by atoms with Crippen molar-refractivity contribution in [1.82, 2.24) is 9.80 Å². The van der Waals surface area contributed by atoms with E-state index in [1.54, 1.807) is 0 Å². The van der Waals surface area contributed by atoms with Crippen molar-refractivity contribution in [2.24, 2.45) is 0 Å². The number of rotatable bonds is 13. The standard InChI is InChI=1S/C16H34N2O2/c1-4-6-12-18(13-7-5-2)16(20)15-17(3)11-9-8-10-14-19/h19H,4-15H2,1-3H3. The topological polar surface area (TPSA) is 43.8 Å². The number of amides is 1. The molecule has 20 heavy (non-hydrogen) atoms. The van der Waals surface area contributed by atoms with Gasteiger partial charge in [-0.05, 0) is 45.7 Å². The van der Waals surface area contributed by atoms with Crippen LogP contribution in [0.3, 0.4) is 0 Å². The van der Waals surface area contributed by atoms with Crippen LogP contribution in [0.2, 0.25) is 0 Å². The fraction of sp³-hybridized carbons (Fsp3) is 0.938. The van der Waals surface area contributed by atoms with Crippen molar-refractivity contribution in [1.29, 1.82) is 0 Å². The molecule has 1 amide bonds. The summed E-state index contributed by atoms with van der Waals surface area (Å²) in [6, 6.07) is 0. The summed E-state index contributed by atoms with van der Waals surface area (Å²) < 4.78 is 0. The van der Waals surface area contributed by atoms with E-state index >= 15 is 0 Å². The first-order valence-corrected chi connectivity index (χ1v) is 8.22. The van der Waals surface area contributed by atoms with E-state index in [9.17, 15) is 4.79 Å². The van der Waals surface area contributed by atoms with Gasteiger partial charge >= 0.3 is 0 Å². The number of unbranched alkanes of at least 4 members (excludes halogenated alkanes) is 4. The number of hydrogen-bond acceptors (Lipinski definition) is 3. The number of carbonyl (C=O) groups excluding carboxylic acids is 1. The van der Waals surface area contributed by atoms with Gasteiger partial charge in [0.05, 0.1) is 6.54 Å². The molecule has 0 aliphatic heterocycles. The van der Waals surface area contributed by atoms with Gasteiger partial charge in [-0.1, -0.05) is 26.7 Å². The third-order valence-electron chi connectivity index (χ3n) is 3.52. The van der Waals surface area contributed by atoms with Gasteiger partial charge in [-0.3, -0.25) is 9.69 Å². The van der Waals surface area contributed by atoms with Crippen LogP contribution in [0, 0.1) is 0 Å². The van der Waals surface area contributed by atoms with Crippen LogP contribution in [0.5, 0.6) is 0 Å². The summed E-state index contributed by atoms with van der Waals surface area (Å²) in [6.07, 6.45) is 7.39. The molecule has 120 valence electrons. The molecule has 4 heteroatoms. The Morgan fingerprint density at radius 1 is 0.900 bits per heavy atom. The van der Waals surface area contributed by atoms with E-state index in [2.05, 4.69) is 18.7 Å². The maximum Gasteiger partial charge on any atom is 0.236 e. The van der Waals surface area contributed by atoms with E-state index in [-0.39, 0.29) is 12.5 Å². The zero-order chi connectivity index (χ0) is 15.2. The fourth-order valence-electron chi connectivity index (χ4n) is 2.14. The van der Waals surface area contributed by atoms with Crippen molar-refractivity contribution in [3.8, 4) is 0 Å². The summed E-state index contributed by atoms with van der Waals surface area (Å²) in [5.74, 6) is 0.261. The van der Waals surface area contributed by atoms with Crippen LogP contribution in [-0.4, -0.2) is 60.6 Å². The van der Waals surface area contributed by atoms with Gasteiger partial charge in [-0.2, -0.15) is 0 Å². The average molecular weight is 286 g/mol. The minimum absolute atomic E-state index is 0.261. The Bertz CT molecular complexity index is 227. The molecule has 0 aromatic heterocycles. The zero-order valence-corrected chi connectivity index (χ0v) is 13.7. The number of carbonyl (C=O) groups is 1. The normalized spacial score (nSPS) is 11.1. The van der Waals surface area contributed by atoms with E-state index in [0.717, 1.165) is 64.6 Å². The smallest absolute Gasteiger partial charge is 0.236 e. The Morgan fingerprint density at radius 3 is 2.00 bits per heavy atom. The highest BCUT2D eigenvalue weighted by atomic mass is 16.2. The number of aliphatic hydroxyl groups excluding tert-OH is 1. The lowest BCUT2D eigenvalue weighted by Crippen LogP contribution is -2.40. The molecule has 0 aromatic carbocycles. The van der Waals surface area contributed by atoms with Crippen molar-refractivity contribution in [3.05, 3.63) is 0 Å². The fourth-order valence-corrected chi connectivity index (χ4v) is 2.14. The van der Waals surface area contributed by atoms with E-state index in [0.29, 0.717) is 6.54 Å². The molecule has 0 aromatic rings. The maximum absolute atomic E-state index is 12.3. The number of hydrogen-bond donors (Lipinski definition) is 1. The number of aliphatic hydroxyl groups is 1. The minimum atomic E-state index is 0.261. The summed E-state index contributed by atoms with van der Waals surface area (Å²) in [5, 5.41) is 8.74. The number of nitrogens with zero attached hydrogens (tertiary/aromatic N) is 2. The summed E-state index contributed by atoms with van der Waals surface area (Å²) >= 11 is 0. The predicted octanol–water partition coefficient (Wildman–Crippen LogP) is 2.51. The lowest BCUT2D eigenvalue weighted by molar-refractivity contribution is -0.132. The summed E-state index contributed by atoms with van der Waals surface area (Å²) in [4.78, 5) is 16.4. The molecule has 0 atom stereocenters. The third kappa shape index (κ3) is 10.2. The van der Waals surface area contributed by atoms with Crippen LogP contribution in [0.25, 0.3) is 0 Å². The Hall–Kier alpha value is -0.610. The summed E-state index contributed by atoms with van der Waals surface area (Å²) in [5.41, 5.74) is 0. The van der Waals surface area contributed by atoms with Crippen molar-refractivity contribution >= 4 is 5.91 Å². The highest BCUT2D eigenvalue weighted by molar-refractivity contribution is 5.78. The largest absolute Gasteiger partial charge is 0.396 e. The molecule has 1 N–H and O–H groups in total. The minimum Gasteiger partial charge on any atom is -0.396 e. The summed E-state index contributed by atoms with van der Waals surface area (Å²) in [6.45, 7) is 7.84. The highest BCUT2D eigenvalue weighted by Gasteiger charge is 2.14. The molecule has 4 nitrogen and oxygen atoms in total. The summed E-state index contributed by atoms with van der Waals surface area (Å²) in [7, 11) is 2.01. The van der Waals surface area contributed by atoms with Gasteiger partial charge in [0.25, 0.3) is 0 Å². The molecule has 0 aliphatic carbocycles. The zero-order valence-electron chi connectivity index (χ0n) is 13.7. The molecule has 0 fully saturated rings. The monoisotopic (exact) mass is 286 g/mol. The van der Waals surface area contributed by atoms with Crippen LogP contribution >= 0.6 is 0 Å². The molecule has 0 bridgehead atoms. The Balaban J connectivity index is 4.01. The van der Waals surface area contributed by atoms with E-state index in [4.69, 9.17) is 5.11 Å². The van der Waals surface area contributed by atoms with Gasteiger partial charge in [0.2, 0.25) is 5.91 Å². The van der Waals surface area contributed by atoms with Crippen LogP contribution in [0.15, 0.2) is 0 Å². The Labute approximate surface area is 125 Å². The van der Waals surface area contributed by atoms with Gasteiger partial charge in [0.1, 0.15) is 0 Å². The molecule has 0 rings (SSSR count). The molecular weight excluding hydrogens is 252 g/mol. The lowest BCUT2D eigenvalue weighted by Gasteiger charge is -2.25. The first kappa shape index (κ1) is 19.4. The molecule has 0 spiro atoms.